The van der Waals surface area contributed by atoms with E-state index in [1.54, 1.807) is 0 Å². The molecule has 2 aromatic rings. The van der Waals surface area contributed by atoms with Crippen molar-refractivity contribution in [1.29, 1.82) is 0 Å². The largest absolute Gasteiger partial charge is 0.326 e. The van der Waals surface area contributed by atoms with Crippen LogP contribution in [0.1, 0.15) is 5.56 Å². The van der Waals surface area contributed by atoms with Crippen molar-refractivity contribution in [2.75, 3.05) is 4.72 Å². The number of benzene rings is 2. The summed E-state index contributed by atoms with van der Waals surface area (Å²) in [6, 6.07) is 7.29. The van der Waals surface area contributed by atoms with Gasteiger partial charge in [-0.1, -0.05) is 6.07 Å². The fourth-order valence-corrected chi connectivity index (χ4v) is 3.02. The molecular formula is C13H11BrF2N2O2S. The molecule has 3 N–H and O–H groups in total. The van der Waals surface area contributed by atoms with Crippen molar-refractivity contribution in [3.63, 3.8) is 0 Å². The molecule has 8 heteroatoms. The Kier molecular flexibility index (Phi) is 4.60. The van der Waals surface area contributed by atoms with Crippen LogP contribution in [-0.2, 0) is 16.6 Å². The van der Waals surface area contributed by atoms with Gasteiger partial charge >= 0.3 is 0 Å². The van der Waals surface area contributed by atoms with Crippen LogP contribution in [-0.4, -0.2) is 8.42 Å². The molecule has 0 atom stereocenters. The SMILES string of the molecule is NCc1ccc(S(=O)(=O)Nc2ccc(Br)c(F)c2)c(F)c1. The Hall–Kier alpha value is -1.51. The van der Waals surface area contributed by atoms with Crippen LogP contribution in [0.5, 0.6) is 0 Å². The van der Waals surface area contributed by atoms with Gasteiger partial charge in [0.25, 0.3) is 10.0 Å². The molecule has 0 saturated carbocycles. The predicted octanol–water partition coefficient (Wildman–Crippen LogP) is 2.99. The fourth-order valence-electron chi connectivity index (χ4n) is 1.66. The van der Waals surface area contributed by atoms with Crippen molar-refractivity contribution < 1.29 is 17.2 Å². The lowest BCUT2D eigenvalue weighted by atomic mass is 10.2. The van der Waals surface area contributed by atoms with Crippen LogP contribution >= 0.6 is 15.9 Å². The number of hydrogen-bond donors (Lipinski definition) is 2. The average Bonchev–Trinajstić information content (AvgIpc) is 2.42. The van der Waals surface area contributed by atoms with Gasteiger partial charge in [0.2, 0.25) is 0 Å². The summed E-state index contributed by atoms with van der Waals surface area (Å²) in [5.41, 5.74) is 5.83. The van der Waals surface area contributed by atoms with Gasteiger partial charge in [-0.25, -0.2) is 17.2 Å². The maximum atomic E-state index is 13.8. The van der Waals surface area contributed by atoms with Crippen LogP contribution in [0, 0.1) is 11.6 Å². The molecule has 0 aliphatic heterocycles. The predicted molar refractivity (Wildman–Crippen MR) is 79.2 cm³/mol. The number of rotatable bonds is 4. The molecule has 0 aliphatic rings. The standard InChI is InChI=1S/C13H11BrF2N2O2S/c14-10-3-2-9(6-11(10)15)18-21(19,20)13-4-1-8(7-17)5-12(13)16/h1-6,18H,7,17H2. The van der Waals surface area contributed by atoms with Crippen LogP contribution in [0.4, 0.5) is 14.5 Å². The Morgan fingerprint density at radius 3 is 2.38 bits per heavy atom. The monoisotopic (exact) mass is 376 g/mol. The minimum Gasteiger partial charge on any atom is -0.326 e. The van der Waals surface area contributed by atoms with Crippen molar-refractivity contribution in [3.05, 3.63) is 58.1 Å². The van der Waals surface area contributed by atoms with Crippen LogP contribution in [0.2, 0.25) is 0 Å². The summed E-state index contributed by atoms with van der Waals surface area (Å²) in [6.07, 6.45) is 0. The highest BCUT2D eigenvalue weighted by Gasteiger charge is 2.19. The van der Waals surface area contributed by atoms with E-state index in [0.717, 1.165) is 18.2 Å². The summed E-state index contributed by atoms with van der Waals surface area (Å²) >= 11 is 2.96. The molecule has 21 heavy (non-hydrogen) atoms. The van der Waals surface area contributed by atoms with Crippen LogP contribution in [0.25, 0.3) is 0 Å². The van der Waals surface area contributed by atoms with Crippen molar-refractivity contribution in [3.8, 4) is 0 Å². The Bertz CT molecular complexity index is 782. The molecule has 0 spiro atoms. The number of sulfonamides is 1. The Morgan fingerprint density at radius 1 is 1.10 bits per heavy atom. The Balaban J connectivity index is 2.36. The molecule has 112 valence electrons. The maximum absolute atomic E-state index is 13.8. The number of halogens is 3. The summed E-state index contributed by atoms with van der Waals surface area (Å²) in [6.45, 7) is 0.0998. The molecule has 0 heterocycles. The zero-order valence-corrected chi connectivity index (χ0v) is 13.0. The maximum Gasteiger partial charge on any atom is 0.264 e. The summed E-state index contributed by atoms with van der Waals surface area (Å²) in [5, 5.41) is 0. The number of nitrogens with one attached hydrogen (secondary N) is 1. The summed E-state index contributed by atoms with van der Waals surface area (Å²) in [4.78, 5) is -0.525. The lowest BCUT2D eigenvalue weighted by Gasteiger charge is -2.10. The number of hydrogen-bond acceptors (Lipinski definition) is 3. The van der Waals surface area contributed by atoms with Crippen molar-refractivity contribution >= 4 is 31.6 Å². The molecule has 0 saturated heterocycles. The van der Waals surface area contributed by atoms with Gasteiger partial charge in [-0.2, -0.15) is 0 Å². The van der Waals surface area contributed by atoms with Crippen LogP contribution in [0.3, 0.4) is 0 Å². The Morgan fingerprint density at radius 2 is 1.81 bits per heavy atom. The molecule has 0 radical (unpaired) electrons. The highest BCUT2D eigenvalue weighted by molar-refractivity contribution is 9.10. The van der Waals surface area contributed by atoms with Gasteiger partial charge in [0, 0.05) is 6.54 Å². The molecule has 2 rings (SSSR count). The first-order chi connectivity index (χ1) is 9.83. The smallest absolute Gasteiger partial charge is 0.264 e. The summed E-state index contributed by atoms with van der Waals surface area (Å²) in [7, 11) is -4.15. The molecule has 0 aliphatic carbocycles. The highest BCUT2D eigenvalue weighted by atomic mass is 79.9. The topological polar surface area (TPSA) is 72.2 Å². The zero-order chi connectivity index (χ0) is 15.6. The minimum atomic E-state index is -4.15. The van der Waals surface area contributed by atoms with Gasteiger partial charge < -0.3 is 5.73 Å². The molecular weight excluding hydrogens is 366 g/mol. The average molecular weight is 377 g/mol. The lowest BCUT2D eigenvalue weighted by molar-refractivity contribution is 0.569. The second-order valence-electron chi connectivity index (χ2n) is 4.20. The third-order valence-corrected chi connectivity index (χ3v) is 4.75. The van der Waals surface area contributed by atoms with Gasteiger partial charge in [0.05, 0.1) is 10.2 Å². The van der Waals surface area contributed by atoms with E-state index in [2.05, 4.69) is 20.7 Å². The lowest BCUT2D eigenvalue weighted by Crippen LogP contribution is -2.15. The van der Waals surface area contributed by atoms with Crippen molar-refractivity contribution in [2.24, 2.45) is 5.73 Å². The van der Waals surface area contributed by atoms with Crippen molar-refractivity contribution in [2.45, 2.75) is 11.4 Å². The fraction of sp³-hybridized carbons (Fsp3) is 0.0769. The van der Waals surface area contributed by atoms with Gasteiger partial charge in [-0.05, 0) is 51.8 Å². The highest BCUT2D eigenvalue weighted by Crippen LogP contribution is 2.23. The van der Waals surface area contributed by atoms with E-state index < -0.39 is 26.6 Å². The summed E-state index contributed by atoms with van der Waals surface area (Å²) in [5.74, 6) is -1.54. The normalized spacial score (nSPS) is 11.4. The molecule has 0 fully saturated rings. The molecule has 0 amide bonds. The second-order valence-corrected chi connectivity index (χ2v) is 6.71. The van der Waals surface area contributed by atoms with Crippen LogP contribution < -0.4 is 10.5 Å². The zero-order valence-electron chi connectivity index (χ0n) is 10.6. The Labute approximate surface area is 129 Å². The van der Waals surface area contributed by atoms with E-state index >= 15 is 0 Å². The first kappa shape index (κ1) is 15.9. The second kappa shape index (κ2) is 6.08. The molecule has 0 bridgehead atoms. The van der Waals surface area contributed by atoms with E-state index in [9.17, 15) is 17.2 Å². The molecule has 2 aromatic carbocycles. The van der Waals surface area contributed by atoms with Crippen molar-refractivity contribution in [1.82, 2.24) is 0 Å². The molecule has 4 nitrogen and oxygen atoms in total. The van der Waals surface area contributed by atoms with Gasteiger partial charge in [0.15, 0.2) is 0 Å². The summed E-state index contributed by atoms with van der Waals surface area (Å²) < 4.78 is 53.7. The first-order valence-corrected chi connectivity index (χ1v) is 8.07. The van der Waals surface area contributed by atoms with Gasteiger partial charge in [-0.3, -0.25) is 4.72 Å². The van der Waals surface area contributed by atoms with E-state index in [4.69, 9.17) is 5.73 Å². The van der Waals surface area contributed by atoms with Gasteiger partial charge in [0.1, 0.15) is 16.5 Å². The third-order valence-electron chi connectivity index (χ3n) is 2.69. The number of anilines is 1. The van der Waals surface area contributed by atoms with Gasteiger partial charge in [-0.15, -0.1) is 0 Å². The van der Waals surface area contributed by atoms with E-state index in [1.807, 2.05) is 0 Å². The first-order valence-electron chi connectivity index (χ1n) is 5.80. The van der Waals surface area contributed by atoms with E-state index in [0.29, 0.717) is 5.56 Å². The van der Waals surface area contributed by atoms with Crippen LogP contribution in [0.15, 0.2) is 45.8 Å². The van der Waals surface area contributed by atoms with E-state index in [-0.39, 0.29) is 16.7 Å². The minimum absolute atomic E-state index is 0.00185. The quantitative estimate of drug-likeness (QED) is 0.861. The molecule has 0 aromatic heterocycles. The number of nitrogens with two attached hydrogens (primary N) is 1. The molecule has 0 unspecified atom stereocenters. The third kappa shape index (κ3) is 3.58. The van der Waals surface area contributed by atoms with E-state index in [1.165, 1.54) is 18.2 Å².